The molecular weight excluding hydrogens is 328 g/mol. The summed E-state index contributed by atoms with van der Waals surface area (Å²) in [4.78, 5) is 20.1. The molecule has 26 heavy (non-hydrogen) atoms. The molecule has 1 aliphatic heterocycles. The first-order valence-corrected chi connectivity index (χ1v) is 8.80. The Labute approximate surface area is 152 Å². The number of morpholine rings is 1. The van der Waals surface area contributed by atoms with Crippen molar-refractivity contribution >= 4 is 28.5 Å². The van der Waals surface area contributed by atoms with E-state index in [0.717, 1.165) is 18.8 Å². The van der Waals surface area contributed by atoms with Crippen molar-refractivity contribution < 1.29 is 4.74 Å². The minimum Gasteiger partial charge on any atom is -0.372 e. The minimum atomic E-state index is 0.148. The van der Waals surface area contributed by atoms with Gasteiger partial charge in [0.1, 0.15) is 17.4 Å². The van der Waals surface area contributed by atoms with Gasteiger partial charge in [-0.3, -0.25) is 0 Å². The first kappa shape index (κ1) is 16.7. The summed E-state index contributed by atoms with van der Waals surface area (Å²) in [6.07, 6.45) is 3.58. The number of hydrogen-bond donors (Lipinski definition) is 1. The van der Waals surface area contributed by atoms with Gasteiger partial charge in [0.05, 0.1) is 18.4 Å². The Morgan fingerprint density at radius 1 is 1.12 bits per heavy atom. The number of ether oxygens (including phenoxy) is 1. The van der Waals surface area contributed by atoms with E-state index in [0.29, 0.717) is 22.8 Å². The molecule has 0 saturated carbocycles. The summed E-state index contributed by atoms with van der Waals surface area (Å²) in [7, 11) is 0. The van der Waals surface area contributed by atoms with Crippen molar-refractivity contribution in [3.63, 3.8) is 0 Å². The molecule has 1 fully saturated rings. The van der Waals surface area contributed by atoms with Gasteiger partial charge in [0.25, 0.3) is 0 Å². The van der Waals surface area contributed by atoms with Crippen LogP contribution in [0.4, 0.5) is 17.5 Å². The average molecular weight is 350 g/mol. The van der Waals surface area contributed by atoms with Gasteiger partial charge in [0.2, 0.25) is 5.95 Å². The normalized spacial score (nSPS) is 20.3. The van der Waals surface area contributed by atoms with E-state index >= 15 is 0 Å². The maximum absolute atomic E-state index is 5.81. The highest BCUT2D eigenvalue weighted by Crippen LogP contribution is 2.24. The summed E-state index contributed by atoms with van der Waals surface area (Å²) < 4.78 is 5.81. The predicted octanol–water partition coefficient (Wildman–Crippen LogP) is 3.09. The van der Waals surface area contributed by atoms with Crippen LogP contribution in [0.15, 0.2) is 36.8 Å². The third-order valence-electron chi connectivity index (χ3n) is 4.35. The minimum absolute atomic E-state index is 0.148. The maximum Gasteiger partial charge on any atom is 0.226 e. The van der Waals surface area contributed by atoms with Gasteiger partial charge in [0, 0.05) is 18.8 Å². The van der Waals surface area contributed by atoms with E-state index < -0.39 is 0 Å². The Balaban J connectivity index is 1.70. The zero-order chi connectivity index (χ0) is 18.1. The maximum atomic E-state index is 5.81. The molecule has 0 bridgehead atoms. The molecule has 7 nitrogen and oxygen atoms in total. The Morgan fingerprint density at radius 3 is 2.69 bits per heavy atom. The van der Waals surface area contributed by atoms with Gasteiger partial charge in [0.15, 0.2) is 5.82 Å². The lowest BCUT2D eigenvalue weighted by Gasteiger charge is -2.35. The number of benzene rings is 1. The van der Waals surface area contributed by atoms with E-state index in [1.54, 1.807) is 6.20 Å². The van der Waals surface area contributed by atoms with Crippen LogP contribution < -0.4 is 10.2 Å². The lowest BCUT2D eigenvalue weighted by atomic mass is 10.2. The Kier molecular flexibility index (Phi) is 4.38. The molecule has 1 N–H and O–H groups in total. The standard InChI is InChI=1S/C19H22N6O/c1-12-5-4-6-15(7-12)23-18-17-16(21-11-22-18)8-20-19(24-17)25-9-13(2)26-14(3)10-25/h4-8,11,13-14H,9-10H2,1-3H3,(H,21,22,23)/t13-,14-/m1/s1. The van der Waals surface area contributed by atoms with E-state index in [2.05, 4.69) is 58.1 Å². The molecule has 3 heterocycles. The molecule has 134 valence electrons. The van der Waals surface area contributed by atoms with Gasteiger partial charge < -0.3 is 15.0 Å². The van der Waals surface area contributed by atoms with Crippen LogP contribution in [0.2, 0.25) is 0 Å². The number of anilines is 3. The fourth-order valence-electron chi connectivity index (χ4n) is 3.29. The number of rotatable bonds is 3. The largest absolute Gasteiger partial charge is 0.372 e. The van der Waals surface area contributed by atoms with E-state index in [4.69, 9.17) is 9.72 Å². The highest BCUT2D eigenvalue weighted by atomic mass is 16.5. The van der Waals surface area contributed by atoms with Crippen LogP contribution in [0.1, 0.15) is 19.4 Å². The zero-order valence-corrected chi connectivity index (χ0v) is 15.2. The topological polar surface area (TPSA) is 76.1 Å². The molecule has 0 amide bonds. The van der Waals surface area contributed by atoms with Gasteiger partial charge in [-0.2, -0.15) is 0 Å². The Bertz CT molecular complexity index is 921. The quantitative estimate of drug-likeness (QED) is 0.778. The van der Waals surface area contributed by atoms with Crippen LogP contribution in [0, 0.1) is 6.92 Å². The second kappa shape index (κ2) is 6.84. The SMILES string of the molecule is Cc1cccc(Nc2ncnc3cnc(N4C[C@@H](C)O[C@H](C)C4)nc23)c1. The summed E-state index contributed by atoms with van der Waals surface area (Å²) in [5, 5.41) is 3.35. The lowest BCUT2D eigenvalue weighted by Crippen LogP contribution is -2.46. The number of fused-ring (bicyclic) bond motifs is 1. The zero-order valence-electron chi connectivity index (χ0n) is 15.2. The molecule has 1 aliphatic rings. The van der Waals surface area contributed by atoms with Gasteiger partial charge in [-0.1, -0.05) is 12.1 Å². The van der Waals surface area contributed by atoms with Crippen molar-refractivity contribution in [2.45, 2.75) is 33.0 Å². The lowest BCUT2D eigenvalue weighted by molar-refractivity contribution is -0.00570. The number of aryl methyl sites for hydroxylation is 1. The van der Waals surface area contributed by atoms with Gasteiger partial charge in [-0.05, 0) is 38.5 Å². The van der Waals surface area contributed by atoms with Crippen LogP contribution in [0.3, 0.4) is 0 Å². The molecular formula is C19H22N6O. The monoisotopic (exact) mass is 350 g/mol. The molecule has 0 unspecified atom stereocenters. The fourth-order valence-corrected chi connectivity index (χ4v) is 3.29. The Morgan fingerprint density at radius 2 is 1.92 bits per heavy atom. The van der Waals surface area contributed by atoms with Crippen molar-refractivity contribution in [1.29, 1.82) is 0 Å². The number of nitrogens with one attached hydrogen (secondary N) is 1. The molecule has 1 saturated heterocycles. The first-order chi connectivity index (χ1) is 12.6. The van der Waals surface area contributed by atoms with Gasteiger partial charge in [-0.25, -0.2) is 19.9 Å². The summed E-state index contributed by atoms with van der Waals surface area (Å²) in [6, 6.07) is 8.15. The number of hydrogen-bond acceptors (Lipinski definition) is 7. The van der Waals surface area contributed by atoms with Crippen LogP contribution in [-0.4, -0.2) is 45.2 Å². The smallest absolute Gasteiger partial charge is 0.226 e. The molecule has 0 spiro atoms. The van der Waals surface area contributed by atoms with Crippen LogP contribution in [0.25, 0.3) is 11.0 Å². The molecule has 2 aromatic heterocycles. The van der Waals surface area contributed by atoms with Crippen molar-refractivity contribution in [3.05, 3.63) is 42.4 Å². The van der Waals surface area contributed by atoms with E-state index in [1.165, 1.54) is 11.9 Å². The summed E-state index contributed by atoms with van der Waals surface area (Å²) >= 11 is 0. The van der Waals surface area contributed by atoms with Gasteiger partial charge in [-0.15, -0.1) is 0 Å². The number of aromatic nitrogens is 4. The highest BCUT2D eigenvalue weighted by Gasteiger charge is 2.24. The Hall–Kier alpha value is -2.80. The molecule has 0 radical (unpaired) electrons. The second-order valence-electron chi connectivity index (χ2n) is 6.78. The average Bonchev–Trinajstić information content (AvgIpc) is 2.61. The molecule has 1 aromatic carbocycles. The van der Waals surface area contributed by atoms with Crippen molar-refractivity contribution in [1.82, 2.24) is 19.9 Å². The fraction of sp³-hybridized carbons (Fsp3) is 0.368. The molecule has 7 heteroatoms. The first-order valence-electron chi connectivity index (χ1n) is 8.80. The third kappa shape index (κ3) is 3.43. The van der Waals surface area contributed by atoms with Crippen molar-refractivity contribution in [2.75, 3.05) is 23.3 Å². The van der Waals surface area contributed by atoms with E-state index in [-0.39, 0.29) is 12.2 Å². The summed E-state index contributed by atoms with van der Waals surface area (Å²) in [5.41, 5.74) is 3.58. The molecule has 3 aromatic rings. The van der Waals surface area contributed by atoms with Crippen molar-refractivity contribution in [2.24, 2.45) is 0 Å². The van der Waals surface area contributed by atoms with Crippen LogP contribution >= 0.6 is 0 Å². The molecule has 2 atom stereocenters. The summed E-state index contributed by atoms with van der Waals surface area (Å²) in [6.45, 7) is 7.73. The molecule has 4 rings (SSSR count). The van der Waals surface area contributed by atoms with Crippen LogP contribution in [0.5, 0.6) is 0 Å². The van der Waals surface area contributed by atoms with Crippen molar-refractivity contribution in [3.8, 4) is 0 Å². The van der Waals surface area contributed by atoms with Crippen LogP contribution in [-0.2, 0) is 4.74 Å². The highest BCUT2D eigenvalue weighted by molar-refractivity contribution is 5.87. The van der Waals surface area contributed by atoms with Gasteiger partial charge >= 0.3 is 0 Å². The summed E-state index contributed by atoms with van der Waals surface area (Å²) in [5.74, 6) is 1.36. The number of nitrogens with zero attached hydrogens (tertiary/aromatic N) is 5. The predicted molar refractivity (Wildman–Crippen MR) is 102 cm³/mol. The second-order valence-corrected chi connectivity index (χ2v) is 6.78. The van der Waals surface area contributed by atoms with E-state index in [9.17, 15) is 0 Å². The van der Waals surface area contributed by atoms with E-state index in [1.807, 2.05) is 12.1 Å². The third-order valence-corrected chi connectivity index (χ3v) is 4.35. The molecule has 0 aliphatic carbocycles.